The van der Waals surface area contributed by atoms with Crippen molar-refractivity contribution in [2.75, 3.05) is 6.54 Å². The lowest BCUT2D eigenvalue weighted by atomic mass is 9.82. The Morgan fingerprint density at radius 1 is 1.24 bits per heavy atom. The number of allylic oxidation sites excluding steroid dienone is 4. The second kappa shape index (κ2) is 8.48. The minimum Gasteiger partial charge on any atom is -0.481 e. The number of aryl methyl sites for hydroxylation is 1. The summed E-state index contributed by atoms with van der Waals surface area (Å²) in [5.74, 6) is 1.94. The molecule has 0 amide bonds. The zero-order valence-electron chi connectivity index (χ0n) is 15.0. The van der Waals surface area contributed by atoms with E-state index in [4.69, 9.17) is 5.11 Å². The van der Waals surface area contributed by atoms with Crippen LogP contribution in [0.3, 0.4) is 0 Å². The molecule has 0 spiro atoms. The Balaban J connectivity index is 1.48. The number of hydrogen-bond acceptors (Lipinski definition) is 2. The molecular weight excluding hydrogens is 310 g/mol. The van der Waals surface area contributed by atoms with Crippen LogP contribution in [0.4, 0.5) is 0 Å². The largest absolute Gasteiger partial charge is 0.481 e. The molecule has 2 N–H and O–H groups in total. The maximum absolute atomic E-state index is 10.6. The molecule has 0 aromatic heterocycles. The first-order valence-corrected chi connectivity index (χ1v) is 9.46. The van der Waals surface area contributed by atoms with Gasteiger partial charge in [-0.3, -0.25) is 4.79 Å². The molecule has 1 aromatic carbocycles. The van der Waals surface area contributed by atoms with Crippen LogP contribution in [0.1, 0.15) is 36.8 Å². The zero-order chi connectivity index (χ0) is 17.6. The van der Waals surface area contributed by atoms with E-state index >= 15 is 0 Å². The number of unbranched alkanes of at least 4 members (excludes halogenated alkanes) is 1. The highest BCUT2D eigenvalue weighted by atomic mass is 16.4. The maximum atomic E-state index is 10.6. The van der Waals surface area contributed by atoms with Crippen LogP contribution in [-0.2, 0) is 11.3 Å². The molecule has 3 nitrogen and oxygen atoms in total. The topological polar surface area (TPSA) is 49.3 Å². The van der Waals surface area contributed by atoms with Crippen molar-refractivity contribution in [3.05, 3.63) is 59.7 Å². The number of carboxylic acids is 1. The van der Waals surface area contributed by atoms with Crippen molar-refractivity contribution in [3.8, 4) is 0 Å². The van der Waals surface area contributed by atoms with Crippen molar-refractivity contribution >= 4 is 5.97 Å². The highest BCUT2D eigenvalue weighted by Crippen LogP contribution is 2.48. The van der Waals surface area contributed by atoms with Crippen LogP contribution in [0.25, 0.3) is 0 Å². The predicted molar refractivity (Wildman–Crippen MR) is 101 cm³/mol. The molecular formula is C22H29NO2. The Labute approximate surface area is 150 Å². The average Bonchev–Trinajstić information content (AvgIpc) is 3.18. The van der Waals surface area contributed by atoms with Crippen LogP contribution >= 0.6 is 0 Å². The third-order valence-corrected chi connectivity index (χ3v) is 5.64. The van der Waals surface area contributed by atoms with Crippen molar-refractivity contribution in [2.24, 2.45) is 23.7 Å². The minimum absolute atomic E-state index is 0.266. The van der Waals surface area contributed by atoms with Crippen LogP contribution in [0, 0.1) is 30.6 Å². The first-order chi connectivity index (χ1) is 12.1. The Hall–Kier alpha value is -1.87. The van der Waals surface area contributed by atoms with Gasteiger partial charge in [0.1, 0.15) is 0 Å². The number of fused-ring (bicyclic) bond motifs is 2. The lowest BCUT2D eigenvalue weighted by molar-refractivity contribution is -0.137. The molecule has 0 heterocycles. The second-order valence-electron chi connectivity index (χ2n) is 7.52. The van der Waals surface area contributed by atoms with Gasteiger partial charge in [0, 0.05) is 13.0 Å². The molecule has 2 bridgehead atoms. The van der Waals surface area contributed by atoms with Crippen molar-refractivity contribution in [1.29, 1.82) is 0 Å². The molecule has 0 aliphatic heterocycles. The van der Waals surface area contributed by atoms with Gasteiger partial charge in [0.25, 0.3) is 0 Å². The summed E-state index contributed by atoms with van der Waals surface area (Å²) in [6, 6.07) is 8.73. The molecule has 2 aliphatic carbocycles. The molecule has 1 saturated carbocycles. The fourth-order valence-electron chi connectivity index (χ4n) is 4.25. The highest BCUT2D eigenvalue weighted by Gasteiger charge is 2.42. The Morgan fingerprint density at radius 3 is 2.76 bits per heavy atom. The molecule has 3 heteroatoms. The van der Waals surface area contributed by atoms with Gasteiger partial charge < -0.3 is 10.4 Å². The summed E-state index contributed by atoms with van der Waals surface area (Å²) in [7, 11) is 0. The summed E-state index contributed by atoms with van der Waals surface area (Å²) >= 11 is 0. The SMILES string of the molecule is Cc1ccc(CNC[C@H]2[C@H](/C=C\CCCC(=O)O)[C@@H]3C=C[C@H]2C3)cc1. The third-order valence-electron chi connectivity index (χ3n) is 5.64. The summed E-state index contributed by atoms with van der Waals surface area (Å²) in [5.41, 5.74) is 2.64. The lowest BCUT2D eigenvalue weighted by Crippen LogP contribution is -2.30. The molecule has 0 radical (unpaired) electrons. The first-order valence-electron chi connectivity index (χ1n) is 9.46. The smallest absolute Gasteiger partial charge is 0.303 e. The monoisotopic (exact) mass is 339 g/mol. The van der Waals surface area contributed by atoms with Gasteiger partial charge in [-0.25, -0.2) is 0 Å². The summed E-state index contributed by atoms with van der Waals surface area (Å²) in [6.07, 6.45) is 12.5. The van der Waals surface area contributed by atoms with Gasteiger partial charge in [-0.2, -0.15) is 0 Å². The van der Waals surface area contributed by atoms with Gasteiger partial charge in [-0.05, 0) is 62.0 Å². The average molecular weight is 339 g/mol. The van der Waals surface area contributed by atoms with E-state index < -0.39 is 5.97 Å². The van der Waals surface area contributed by atoms with E-state index in [9.17, 15) is 4.79 Å². The molecule has 4 atom stereocenters. The molecule has 2 aliphatic rings. The third kappa shape index (κ3) is 4.82. The number of carbonyl (C=O) groups is 1. The van der Waals surface area contributed by atoms with E-state index in [-0.39, 0.29) is 6.42 Å². The Bertz CT molecular complexity index is 632. The first kappa shape index (κ1) is 17.9. The number of aliphatic carboxylic acids is 1. The molecule has 0 saturated heterocycles. The van der Waals surface area contributed by atoms with E-state index in [0.717, 1.165) is 25.9 Å². The normalized spacial score (nSPS) is 27.4. The Kier molecular flexibility index (Phi) is 6.09. The molecule has 1 aromatic rings. The van der Waals surface area contributed by atoms with Crippen LogP contribution in [-0.4, -0.2) is 17.6 Å². The number of rotatable bonds is 9. The molecule has 134 valence electrons. The molecule has 25 heavy (non-hydrogen) atoms. The van der Waals surface area contributed by atoms with E-state index in [1.165, 1.54) is 17.5 Å². The summed E-state index contributed by atoms with van der Waals surface area (Å²) in [4.78, 5) is 10.6. The fraction of sp³-hybridized carbons (Fsp3) is 0.500. The van der Waals surface area contributed by atoms with E-state index in [0.29, 0.717) is 23.7 Å². The summed E-state index contributed by atoms with van der Waals surface area (Å²) in [6.45, 7) is 4.09. The van der Waals surface area contributed by atoms with Crippen molar-refractivity contribution in [1.82, 2.24) is 5.32 Å². The van der Waals surface area contributed by atoms with E-state index in [1.54, 1.807) is 0 Å². The zero-order valence-corrected chi connectivity index (χ0v) is 15.0. The minimum atomic E-state index is -0.700. The van der Waals surface area contributed by atoms with E-state index in [2.05, 4.69) is 60.8 Å². The van der Waals surface area contributed by atoms with Crippen LogP contribution < -0.4 is 5.32 Å². The highest BCUT2D eigenvalue weighted by molar-refractivity contribution is 5.66. The van der Waals surface area contributed by atoms with Gasteiger partial charge >= 0.3 is 5.97 Å². The standard InChI is InChI=1S/C22H29NO2/c1-16-7-9-17(10-8-16)14-23-15-21-19-12-11-18(13-19)20(21)5-3-2-4-6-22(24)25/h3,5,7-12,18-21,23H,2,4,6,13-15H2,1H3,(H,24,25)/b5-3-/t18-,19+,20-,21-/m1/s1. The van der Waals surface area contributed by atoms with Crippen LogP contribution in [0.15, 0.2) is 48.6 Å². The quantitative estimate of drug-likeness (QED) is 0.520. The summed E-state index contributed by atoms with van der Waals surface area (Å²) in [5, 5.41) is 12.4. The molecule has 1 fully saturated rings. The number of carboxylic acid groups (broad SMARTS) is 1. The maximum Gasteiger partial charge on any atom is 0.303 e. The number of hydrogen-bond donors (Lipinski definition) is 2. The van der Waals surface area contributed by atoms with Gasteiger partial charge in [0.15, 0.2) is 0 Å². The molecule has 0 unspecified atom stereocenters. The van der Waals surface area contributed by atoms with E-state index in [1.807, 2.05) is 0 Å². The Morgan fingerprint density at radius 2 is 2.00 bits per heavy atom. The molecule has 3 rings (SSSR count). The fourth-order valence-corrected chi connectivity index (χ4v) is 4.25. The predicted octanol–water partition coefficient (Wildman–Crippen LogP) is 4.33. The van der Waals surface area contributed by atoms with Crippen molar-refractivity contribution in [2.45, 2.75) is 39.2 Å². The van der Waals surface area contributed by atoms with Gasteiger partial charge in [-0.1, -0.05) is 54.1 Å². The van der Waals surface area contributed by atoms with Crippen LogP contribution in [0.2, 0.25) is 0 Å². The van der Waals surface area contributed by atoms with Crippen molar-refractivity contribution in [3.63, 3.8) is 0 Å². The number of benzene rings is 1. The van der Waals surface area contributed by atoms with Crippen LogP contribution in [0.5, 0.6) is 0 Å². The number of nitrogens with one attached hydrogen (secondary N) is 1. The van der Waals surface area contributed by atoms with Gasteiger partial charge in [0.05, 0.1) is 0 Å². The lowest BCUT2D eigenvalue weighted by Gasteiger charge is -2.26. The van der Waals surface area contributed by atoms with Crippen molar-refractivity contribution < 1.29 is 9.90 Å². The summed E-state index contributed by atoms with van der Waals surface area (Å²) < 4.78 is 0. The van der Waals surface area contributed by atoms with Gasteiger partial charge in [-0.15, -0.1) is 0 Å². The second-order valence-corrected chi connectivity index (χ2v) is 7.52. The van der Waals surface area contributed by atoms with Gasteiger partial charge in [0.2, 0.25) is 0 Å².